The van der Waals surface area contributed by atoms with Crippen LogP contribution in [0.4, 0.5) is 8.78 Å². The third kappa shape index (κ3) is 3.32. The van der Waals surface area contributed by atoms with E-state index in [1.807, 2.05) is 18.1 Å². The molecule has 0 radical (unpaired) electrons. The molecule has 168 valence electrons. The number of carbonyl (C=O) groups excluding carboxylic acids is 1. The van der Waals surface area contributed by atoms with Crippen LogP contribution in [0.25, 0.3) is 10.9 Å². The Balaban J connectivity index is 1.47. The molecule has 0 saturated carbocycles. The lowest BCUT2D eigenvalue weighted by Gasteiger charge is -2.39. The van der Waals surface area contributed by atoms with Gasteiger partial charge in [-0.05, 0) is 67.2 Å². The molecule has 3 aliphatic rings. The predicted molar refractivity (Wildman–Crippen MR) is 119 cm³/mol. The van der Waals surface area contributed by atoms with Crippen molar-refractivity contribution in [3.63, 3.8) is 0 Å². The summed E-state index contributed by atoms with van der Waals surface area (Å²) < 4.78 is 28.3. The molecule has 1 fully saturated rings. The van der Waals surface area contributed by atoms with Crippen LogP contribution in [0.15, 0.2) is 60.2 Å². The summed E-state index contributed by atoms with van der Waals surface area (Å²) in [5, 5.41) is 7.97. The summed E-state index contributed by atoms with van der Waals surface area (Å²) in [5.41, 5.74) is 3.77. The molecule has 6 rings (SSSR count). The third-order valence-corrected chi connectivity index (χ3v) is 7.00. The highest BCUT2D eigenvalue weighted by Gasteiger charge is 2.47. The van der Waals surface area contributed by atoms with E-state index >= 15 is 0 Å². The maximum absolute atomic E-state index is 14.2. The first-order chi connectivity index (χ1) is 16.0. The minimum atomic E-state index is -0.617. The molecule has 3 aliphatic heterocycles. The zero-order valence-corrected chi connectivity index (χ0v) is 18.1. The summed E-state index contributed by atoms with van der Waals surface area (Å²) in [5.74, 6) is -1.41. The second-order valence-electron chi connectivity index (χ2n) is 9.05. The quantitative estimate of drug-likeness (QED) is 0.641. The van der Waals surface area contributed by atoms with E-state index in [-0.39, 0.29) is 11.9 Å². The van der Waals surface area contributed by atoms with Crippen molar-refractivity contribution in [3.05, 3.63) is 83.0 Å². The van der Waals surface area contributed by atoms with Crippen LogP contribution in [0.5, 0.6) is 0 Å². The van der Waals surface area contributed by atoms with E-state index in [0.717, 1.165) is 53.9 Å². The summed E-state index contributed by atoms with van der Waals surface area (Å²) in [6, 6.07) is 8.93. The van der Waals surface area contributed by atoms with E-state index in [1.54, 1.807) is 23.3 Å². The number of carbonyl (C=O) groups is 1. The van der Waals surface area contributed by atoms with Crippen molar-refractivity contribution in [3.8, 4) is 0 Å². The van der Waals surface area contributed by atoms with Gasteiger partial charge in [0.2, 0.25) is 0 Å². The normalized spacial score (nSPS) is 24.9. The Bertz CT molecular complexity index is 1290. The van der Waals surface area contributed by atoms with Gasteiger partial charge in [-0.1, -0.05) is 0 Å². The Morgan fingerprint density at radius 3 is 2.76 bits per heavy atom. The number of aromatic nitrogens is 2. The van der Waals surface area contributed by atoms with Gasteiger partial charge in [0.1, 0.15) is 18.0 Å². The molecule has 6 nitrogen and oxygen atoms in total. The molecule has 8 heteroatoms. The number of amides is 1. The van der Waals surface area contributed by atoms with Crippen molar-refractivity contribution in [2.24, 2.45) is 0 Å². The first kappa shape index (κ1) is 20.4. The zero-order chi connectivity index (χ0) is 22.7. The monoisotopic (exact) mass is 447 g/mol. The summed E-state index contributed by atoms with van der Waals surface area (Å²) in [6.07, 6.45) is 6.96. The Morgan fingerprint density at radius 1 is 1.12 bits per heavy atom. The number of benzene rings is 2. The Hall–Kier alpha value is -3.23. The molecule has 33 heavy (non-hydrogen) atoms. The van der Waals surface area contributed by atoms with Crippen molar-refractivity contribution in [1.82, 2.24) is 25.3 Å². The number of hydrazine groups is 1. The van der Waals surface area contributed by atoms with Gasteiger partial charge in [0.15, 0.2) is 0 Å². The van der Waals surface area contributed by atoms with Crippen molar-refractivity contribution >= 4 is 16.8 Å². The van der Waals surface area contributed by atoms with Gasteiger partial charge in [0.05, 0.1) is 17.3 Å². The van der Waals surface area contributed by atoms with Crippen LogP contribution in [0.1, 0.15) is 47.6 Å². The number of rotatable bonds is 2. The molecule has 1 N–H and O–H groups in total. The van der Waals surface area contributed by atoms with Crippen LogP contribution in [0.2, 0.25) is 0 Å². The third-order valence-electron chi connectivity index (χ3n) is 7.00. The van der Waals surface area contributed by atoms with Crippen molar-refractivity contribution in [2.75, 3.05) is 7.05 Å². The average molecular weight is 447 g/mol. The molecule has 1 amide bonds. The van der Waals surface area contributed by atoms with Gasteiger partial charge in [-0.3, -0.25) is 4.79 Å². The van der Waals surface area contributed by atoms with Crippen LogP contribution < -0.4 is 5.32 Å². The number of halogens is 2. The molecule has 4 heterocycles. The van der Waals surface area contributed by atoms with Gasteiger partial charge in [-0.15, -0.1) is 0 Å². The predicted octanol–water partition coefficient (Wildman–Crippen LogP) is 4.12. The van der Waals surface area contributed by atoms with Crippen LogP contribution in [0.3, 0.4) is 0 Å². The minimum absolute atomic E-state index is 0.0334. The molecule has 1 saturated heterocycles. The molecule has 1 aromatic heterocycles. The number of nitrogens with zero attached hydrogens (tertiary/aromatic N) is 4. The van der Waals surface area contributed by atoms with Crippen molar-refractivity contribution < 1.29 is 13.6 Å². The molecular weight excluding hydrogens is 424 g/mol. The Kier molecular flexibility index (Phi) is 4.74. The summed E-state index contributed by atoms with van der Waals surface area (Å²) in [7, 11) is 1.82. The summed E-state index contributed by atoms with van der Waals surface area (Å²) in [6.45, 7) is 0. The SMILES string of the molecule is CN1C(c2cc(F)cc(F)c2)C2=C([C@@H]3CCC[C@H](C2)N3)N1C(=O)c1ccc2ncncc2c1. The van der Waals surface area contributed by atoms with E-state index in [2.05, 4.69) is 15.3 Å². The fourth-order valence-corrected chi connectivity index (χ4v) is 5.68. The number of fused-ring (bicyclic) bond motifs is 4. The van der Waals surface area contributed by atoms with Gasteiger partial charge in [0, 0.05) is 42.3 Å². The molecular formula is C25H23F2N5O. The highest BCUT2D eigenvalue weighted by molar-refractivity contribution is 5.98. The van der Waals surface area contributed by atoms with Crippen LogP contribution in [-0.4, -0.2) is 45.0 Å². The lowest BCUT2D eigenvalue weighted by atomic mass is 9.81. The second kappa shape index (κ2) is 7.67. The topological polar surface area (TPSA) is 61.4 Å². The zero-order valence-electron chi connectivity index (χ0n) is 18.1. The fraction of sp³-hybridized carbons (Fsp3) is 0.320. The fourth-order valence-electron chi connectivity index (χ4n) is 5.68. The molecule has 1 unspecified atom stereocenters. The van der Waals surface area contributed by atoms with Gasteiger partial charge in [-0.2, -0.15) is 0 Å². The number of nitrogens with one attached hydrogen (secondary N) is 1. The lowest BCUT2D eigenvalue weighted by molar-refractivity contribution is 0.0210. The largest absolute Gasteiger partial charge is 0.306 e. The van der Waals surface area contributed by atoms with Gasteiger partial charge in [-0.25, -0.2) is 28.8 Å². The van der Waals surface area contributed by atoms with Crippen LogP contribution in [-0.2, 0) is 0 Å². The highest BCUT2D eigenvalue weighted by Crippen LogP contribution is 2.47. The van der Waals surface area contributed by atoms with E-state index in [9.17, 15) is 13.6 Å². The molecule has 3 atom stereocenters. The first-order valence-electron chi connectivity index (χ1n) is 11.2. The Labute approximate surface area is 189 Å². The molecule has 2 aromatic carbocycles. The van der Waals surface area contributed by atoms with Crippen LogP contribution >= 0.6 is 0 Å². The van der Waals surface area contributed by atoms with Gasteiger partial charge >= 0.3 is 0 Å². The van der Waals surface area contributed by atoms with Crippen molar-refractivity contribution in [1.29, 1.82) is 0 Å². The smallest absolute Gasteiger partial charge is 0.272 e. The van der Waals surface area contributed by atoms with E-state index in [0.29, 0.717) is 17.2 Å². The number of hydrogen-bond acceptors (Lipinski definition) is 5. The first-order valence-corrected chi connectivity index (χ1v) is 11.2. The second-order valence-corrected chi connectivity index (χ2v) is 9.05. The number of piperidine rings is 1. The average Bonchev–Trinajstić information content (AvgIpc) is 3.09. The van der Waals surface area contributed by atoms with Crippen molar-refractivity contribution in [2.45, 2.75) is 43.8 Å². The van der Waals surface area contributed by atoms with E-state index in [4.69, 9.17) is 0 Å². The maximum Gasteiger partial charge on any atom is 0.272 e. The van der Waals surface area contributed by atoms with E-state index < -0.39 is 17.7 Å². The number of likely N-dealkylation sites (N-methyl/N-ethyl adjacent to an activating group) is 1. The molecule has 2 bridgehead atoms. The summed E-state index contributed by atoms with van der Waals surface area (Å²) in [4.78, 5) is 22.2. The van der Waals surface area contributed by atoms with Gasteiger partial charge < -0.3 is 5.32 Å². The Morgan fingerprint density at radius 2 is 1.94 bits per heavy atom. The lowest BCUT2D eigenvalue weighted by Crippen LogP contribution is -2.51. The van der Waals surface area contributed by atoms with Gasteiger partial charge in [0.25, 0.3) is 5.91 Å². The number of hydrogen-bond donors (Lipinski definition) is 1. The maximum atomic E-state index is 14.2. The summed E-state index contributed by atoms with van der Waals surface area (Å²) >= 11 is 0. The highest BCUT2D eigenvalue weighted by atomic mass is 19.1. The standard InChI is InChI=1S/C25H23F2N5O/c1-31-23(15-8-17(26)10-18(27)9-15)20-11-19-3-2-4-22(30-19)24(20)32(31)25(33)14-5-6-21-16(7-14)12-28-13-29-21/h5-10,12-13,19,22-23,30H,2-4,11H2,1H3/t19-,22+,23?/m1/s1. The molecule has 3 aromatic rings. The van der Waals surface area contributed by atoms with Crippen LogP contribution in [0, 0.1) is 11.6 Å². The molecule has 0 spiro atoms. The minimum Gasteiger partial charge on any atom is -0.306 e. The molecule has 0 aliphatic carbocycles. The van der Waals surface area contributed by atoms with E-state index in [1.165, 1.54) is 18.5 Å².